The zero-order chi connectivity index (χ0) is 12.3. The molecule has 0 N–H and O–H groups in total. The van der Waals surface area contributed by atoms with Gasteiger partial charge in [0.25, 0.3) is 0 Å². The predicted octanol–water partition coefficient (Wildman–Crippen LogP) is 2.60. The van der Waals surface area contributed by atoms with Gasteiger partial charge in [-0.1, -0.05) is 6.07 Å². The molecule has 17 heavy (non-hydrogen) atoms. The van der Waals surface area contributed by atoms with Gasteiger partial charge in [0.1, 0.15) is 5.75 Å². The molecule has 0 unspecified atom stereocenters. The van der Waals surface area contributed by atoms with Crippen molar-refractivity contribution in [3.63, 3.8) is 0 Å². The Morgan fingerprint density at radius 3 is 2.76 bits per heavy atom. The van der Waals surface area contributed by atoms with Gasteiger partial charge >= 0.3 is 0 Å². The Kier molecular flexibility index (Phi) is 3.69. The molecule has 3 nitrogen and oxygen atoms in total. The van der Waals surface area contributed by atoms with E-state index in [9.17, 15) is 0 Å². The van der Waals surface area contributed by atoms with Gasteiger partial charge < -0.3 is 14.2 Å². The molecule has 0 atom stereocenters. The number of ether oxygens (including phenoxy) is 1. The van der Waals surface area contributed by atoms with Gasteiger partial charge in [-0.2, -0.15) is 0 Å². The molecular weight excluding hydrogens is 212 g/mol. The maximum atomic E-state index is 5.63. The van der Waals surface area contributed by atoms with Crippen LogP contribution in [-0.2, 0) is 6.54 Å². The highest BCUT2D eigenvalue weighted by molar-refractivity contribution is 5.86. The van der Waals surface area contributed by atoms with Crippen molar-refractivity contribution in [2.75, 3.05) is 27.2 Å². The molecule has 0 aliphatic heterocycles. The molecule has 0 fully saturated rings. The molecule has 0 radical (unpaired) electrons. The van der Waals surface area contributed by atoms with E-state index >= 15 is 0 Å². The van der Waals surface area contributed by atoms with E-state index in [1.807, 2.05) is 13.0 Å². The zero-order valence-electron chi connectivity index (χ0n) is 10.8. The van der Waals surface area contributed by atoms with Crippen molar-refractivity contribution >= 4 is 10.9 Å². The standard InChI is InChI=1S/C14H20N2O/c1-4-17-14-7-5-6-13-12(14)8-9-16(13)11-10-15(2)3/h5-9H,4,10-11H2,1-3H3. The molecule has 1 heterocycles. The molecule has 1 aromatic heterocycles. The topological polar surface area (TPSA) is 17.4 Å². The number of nitrogens with zero attached hydrogens (tertiary/aromatic N) is 2. The van der Waals surface area contributed by atoms with Crippen LogP contribution < -0.4 is 4.74 Å². The van der Waals surface area contributed by atoms with Crippen molar-refractivity contribution in [2.24, 2.45) is 0 Å². The molecule has 0 saturated carbocycles. The van der Waals surface area contributed by atoms with Gasteiger partial charge in [0.05, 0.1) is 12.1 Å². The van der Waals surface area contributed by atoms with Crippen LogP contribution in [0.5, 0.6) is 5.75 Å². The fourth-order valence-electron chi connectivity index (χ4n) is 1.98. The monoisotopic (exact) mass is 232 g/mol. The lowest BCUT2D eigenvalue weighted by Crippen LogP contribution is -2.17. The third kappa shape index (κ3) is 2.61. The molecule has 0 amide bonds. The van der Waals surface area contributed by atoms with Crippen LogP contribution >= 0.6 is 0 Å². The minimum atomic E-state index is 0.710. The van der Waals surface area contributed by atoms with Gasteiger partial charge in [0.2, 0.25) is 0 Å². The van der Waals surface area contributed by atoms with E-state index < -0.39 is 0 Å². The molecule has 92 valence electrons. The second kappa shape index (κ2) is 5.23. The number of likely N-dealkylation sites (N-methyl/N-ethyl adjacent to an activating group) is 1. The fraction of sp³-hybridized carbons (Fsp3) is 0.429. The summed E-state index contributed by atoms with van der Waals surface area (Å²) in [6.07, 6.45) is 2.14. The van der Waals surface area contributed by atoms with Crippen LogP contribution in [0.1, 0.15) is 6.92 Å². The highest BCUT2D eigenvalue weighted by Crippen LogP contribution is 2.26. The van der Waals surface area contributed by atoms with E-state index in [1.165, 1.54) is 10.9 Å². The maximum absolute atomic E-state index is 5.63. The summed E-state index contributed by atoms with van der Waals surface area (Å²) in [5.41, 5.74) is 1.25. The summed E-state index contributed by atoms with van der Waals surface area (Å²) in [6, 6.07) is 8.37. The summed E-state index contributed by atoms with van der Waals surface area (Å²) < 4.78 is 7.91. The lowest BCUT2D eigenvalue weighted by Gasteiger charge is -2.11. The van der Waals surface area contributed by atoms with Gasteiger partial charge in [-0.3, -0.25) is 0 Å². The predicted molar refractivity (Wildman–Crippen MR) is 71.7 cm³/mol. The number of rotatable bonds is 5. The first-order valence-corrected chi connectivity index (χ1v) is 6.07. The summed E-state index contributed by atoms with van der Waals surface area (Å²) in [4.78, 5) is 2.19. The molecule has 0 aliphatic carbocycles. The summed E-state index contributed by atoms with van der Waals surface area (Å²) >= 11 is 0. The molecular formula is C14H20N2O. The van der Waals surface area contributed by atoms with Gasteiger partial charge in [0, 0.05) is 24.7 Å². The Bertz CT molecular complexity index is 488. The van der Waals surface area contributed by atoms with Crippen molar-refractivity contribution in [3.8, 4) is 5.75 Å². The van der Waals surface area contributed by atoms with Gasteiger partial charge in [-0.05, 0) is 39.2 Å². The van der Waals surface area contributed by atoms with Gasteiger partial charge in [-0.25, -0.2) is 0 Å². The maximum Gasteiger partial charge on any atom is 0.128 e. The molecule has 0 spiro atoms. The summed E-state index contributed by atoms with van der Waals surface area (Å²) in [6.45, 7) is 4.78. The van der Waals surface area contributed by atoms with Crippen molar-refractivity contribution in [1.29, 1.82) is 0 Å². The van der Waals surface area contributed by atoms with Gasteiger partial charge in [0.15, 0.2) is 0 Å². The number of hydrogen-bond acceptors (Lipinski definition) is 2. The first kappa shape index (κ1) is 12.0. The highest BCUT2D eigenvalue weighted by atomic mass is 16.5. The highest BCUT2D eigenvalue weighted by Gasteiger charge is 2.05. The van der Waals surface area contributed by atoms with Crippen LogP contribution in [0.2, 0.25) is 0 Å². The lowest BCUT2D eigenvalue weighted by atomic mass is 10.2. The minimum absolute atomic E-state index is 0.710. The van der Waals surface area contributed by atoms with Crippen LogP contribution in [0, 0.1) is 0 Å². The number of benzene rings is 1. The van der Waals surface area contributed by atoms with Crippen molar-refractivity contribution in [3.05, 3.63) is 30.5 Å². The second-order valence-electron chi connectivity index (χ2n) is 4.43. The van der Waals surface area contributed by atoms with E-state index in [2.05, 4.69) is 48.0 Å². The van der Waals surface area contributed by atoms with Crippen LogP contribution in [0.4, 0.5) is 0 Å². The Labute approximate surface area is 103 Å². The van der Waals surface area contributed by atoms with E-state index in [1.54, 1.807) is 0 Å². The quantitative estimate of drug-likeness (QED) is 0.788. The Balaban J connectivity index is 2.30. The van der Waals surface area contributed by atoms with Crippen LogP contribution in [0.25, 0.3) is 10.9 Å². The smallest absolute Gasteiger partial charge is 0.128 e. The number of fused-ring (bicyclic) bond motifs is 1. The lowest BCUT2D eigenvalue weighted by molar-refractivity contribution is 0.344. The summed E-state index contributed by atoms with van der Waals surface area (Å²) in [5.74, 6) is 0.980. The Morgan fingerprint density at radius 2 is 2.06 bits per heavy atom. The van der Waals surface area contributed by atoms with Crippen molar-refractivity contribution in [1.82, 2.24) is 9.47 Å². The van der Waals surface area contributed by atoms with Crippen LogP contribution in [0.15, 0.2) is 30.5 Å². The summed E-state index contributed by atoms with van der Waals surface area (Å²) in [5, 5.41) is 1.20. The van der Waals surface area contributed by atoms with E-state index in [0.29, 0.717) is 6.61 Å². The number of hydrogen-bond donors (Lipinski definition) is 0. The van der Waals surface area contributed by atoms with E-state index in [0.717, 1.165) is 18.8 Å². The average Bonchev–Trinajstić information content (AvgIpc) is 2.71. The Hall–Kier alpha value is -1.48. The Morgan fingerprint density at radius 1 is 1.24 bits per heavy atom. The third-order valence-corrected chi connectivity index (χ3v) is 2.86. The van der Waals surface area contributed by atoms with Gasteiger partial charge in [-0.15, -0.1) is 0 Å². The largest absolute Gasteiger partial charge is 0.493 e. The normalized spacial score (nSPS) is 11.3. The zero-order valence-corrected chi connectivity index (χ0v) is 10.8. The average molecular weight is 232 g/mol. The molecule has 0 aliphatic rings. The first-order chi connectivity index (χ1) is 8.22. The second-order valence-corrected chi connectivity index (χ2v) is 4.43. The van der Waals surface area contributed by atoms with Crippen molar-refractivity contribution in [2.45, 2.75) is 13.5 Å². The third-order valence-electron chi connectivity index (χ3n) is 2.86. The van der Waals surface area contributed by atoms with Crippen LogP contribution in [-0.4, -0.2) is 36.7 Å². The molecule has 2 aromatic rings. The molecule has 0 bridgehead atoms. The van der Waals surface area contributed by atoms with Crippen LogP contribution in [0.3, 0.4) is 0 Å². The summed E-state index contributed by atoms with van der Waals surface area (Å²) in [7, 11) is 4.19. The molecule has 0 saturated heterocycles. The van der Waals surface area contributed by atoms with Crippen molar-refractivity contribution < 1.29 is 4.74 Å². The van der Waals surface area contributed by atoms with E-state index in [4.69, 9.17) is 4.74 Å². The molecule has 1 aromatic carbocycles. The fourth-order valence-corrected chi connectivity index (χ4v) is 1.98. The molecule has 3 heteroatoms. The minimum Gasteiger partial charge on any atom is -0.493 e. The molecule has 2 rings (SSSR count). The SMILES string of the molecule is CCOc1cccc2c1ccn2CCN(C)C. The number of aromatic nitrogens is 1. The first-order valence-electron chi connectivity index (χ1n) is 6.07. The van der Waals surface area contributed by atoms with E-state index in [-0.39, 0.29) is 0 Å².